The van der Waals surface area contributed by atoms with E-state index in [-0.39, 0.29) is 10.6 Å². The average Bonchev–Trinajstić information content (AvgIpc) is 3.29. The number of halogens is 3. The number of fused-ring (bicyclic) bond motifs is 1. The minimum Gasteiger partial charge on any atom is -0.457 e. The third-order valence-corrected chi connectivity index (χ3v) is 5.93. The summed E-state index contributed by atoms with van der Waals surface area (Å²) >= 11 is 9.41. The van der Waals surface area contributed by atoms with Crippen LogP contribution in [0.4, 0.5) is 4.39 Å². The fourth-order valence-electron chi connectivity index (χ4n) is 3.50. The number of hydrogen-bond acceptors (Lipinski definition) is 3. The van der Waals surface area contributed by atoms with Crippen molar-refractivity contribution in [1.82, 2.24) is 9.55 Å². The maximum Gasteiger partial charge on any atom is 0.266 e. The molecule has 2 aromatic heterocycles. The van der Waals surface area contributed by atoms with Crippen LogP contribution in [0.5, 0.6) is 0 Å². The Hall–Kier alpha value is -3.48. The van der Waals surface area contributed by atoms with Crippen LogP contribution in [0.1, 0.15) is 11.6 Å². The van der Waals surface area contributed by atoms with Crippen molar-refractivity contribution in [2.45, 2.75) is 0 Å². The van der Waals surface area contributed by atoms with Gasteiger partial charge in [0, 0.05) is 10.0 Å². The molecule has 0 N–H and O–H groups in total. The summed E-state index contributed by atoms with van der Waals surface area (Å²) in [6.07, 6.45) is 3.43. The highest BCUT2D eigenvalue weighted by Gasteiger charge is 2.13. The van der Waals surface area contributed by atoms with Crippen molar-refractivity contribution >= 4 is 50.6 Å². The third kappa shape index (κ3) is 4.27. The Labute approximate surface area is 201 Å². The van der Waals surface area contributed by atoms with Gasteiger partial charge in [0.1, 0.15) is 23.2 Å². The molecule has 0 bridgehead atoms. The van der Waals surface area contributed by atoms with Gasteiger partial charge in [-0.15, -0.1) is 0 Å². The first-order valence-electron chi connectivity index (χ1n) is 10.0. The largest absolute Gasteiger partial charge is 0.457 e. The lowest BCUT2D eigenvalue weighted by Crippen LogP contribution is -2.22. The third-order valence-electron chi connectivity index (χ3n) is 5.12. The van der Waals surface area contributed by atoms with Crippen LogP contribution < -0.4 is 5.56 Å². The molecule has 33 heavy (non-hydrogen) atoms. The molecule has 0 aliphatic heterocycles. The fourth-order valence-corrected chi connectivity index (χ4v) is 3.94. The molecule has 4 nitrogen and oxygen atoms in total. The van der Waals surface area contributed by atoms with Crippen molar-refractivity contribution in [3.63, 3.8) is 0 Å². The monoisotopic (exact) mass is 520 g/mol. The number of furan rings is 1. The summed E-state index contributed by atoms with van der Waals surface area (Å²) in [6.45, 7) is 0. The molecule has 162 valence electrons. The molecule has 0 amide bonds. The summed E-state index contributed by atoms with van der Waals surface area (Å²) in [5.41, 5.74) is 1.64. The Morgan fingerprint density at radius 1 is 0.970 bits per heavy atom. The van der Waals surface area contributed by atoms with E-state index in [0.29, 0.717) is 28.2 Å². The van der Waals surface area contributed by atoms with Crippen LogP contribution >= 0.6 is 27.5 Å². The van der Waals surface area contributed by atoms with E-state index in [1.54, 1.807) is 30.4 Å². The molecule has 5 rings (SSSR count). The molecule has 0 saturated carbocycles. The Bertz CT molecular complexity index is 1570. The van der Waals surface area contributed by atoms with Crippen molar-refractivity contribution in [2.24, 2.45) is 0 Å². The minimum atomic E-state index is -0.560. The lowest BCUT2D eigenvalue weighted by molar-refractivity contribution is 0.572. The normalized spacial score (nSPS) is 11.5. The Balaban J connectivity index is 1.60. The lowest BCUT2D eigenvalue weighted by atomic mass is 10.2. The number of aromatic nitrogens is 2. The summed E-state index contributed by atoms with van der Waals surface area (Å²) < 4.78 is 22.1. The van der Waals surface area contributed by atoms with E-state index >= 15 is 0 Å². The molecule has 3 aromatic carbocycles. The molecule has 0 fully saturated rings. The summed E-state index contributed by atoms with van der Waals surface area (Å²) in [7, 11) is 0. The van der Waals surface area contributed by atoms with Gasteiger partial charge in [-0.1, -0.05) is 51.8 Å². The van der Waals surface area contributed by atoms with Gasteiger partial charge in [-0.05, 0) is 66.7 Å². The minimum absolute atomic E-state index is 0.0762. The van der Waals surface area contributed by atoms with Crippen molar-refractivity contribution in [3.05, 3.63) is 116 Å². The second-order valence-corrected chi connectivity index (χ2v) is 8.59. The number of para-hydroxylation sites is 1. The lowest BCUT2D eigenvalue weighted by Gasteiger charge is -2.12. The first-order valence-corrected chi connectivity index (χ1v) is 11.2. The van der Waals surface area contributed by atoms with Crippen molar-refractivity contribution in [1.29, 1.82) is 0 Å². The second kappa shape index (κ2) is 8.81. The van der Waals surface area contributed by atoms with Crippen LogP contribution in [0.25, 0.3) is 40.1 Å². The van der Waals surface area contributed by atoms with E-state index in [4.69, 9.17) is 16.0 Å². The predicted molar refractivity (Wildman–Crippen MR) is 133 cm³/mol. The molecule has 0 aliphatic carbocycles. The highest BCUT2D eigenvalue weighted by atomic mass is 79.9. The second-order valence-electron chi connectivity index (χ2n) is 7.27. The van der Waals surface area contributed by atoms with Crippen LogP contribution in [-0.2, 0) is 0 Å². The molecule has 7 heteroatoms. The zero-order chi connectivity index (χ0) is 22.9. The van der Waals surface area contributed by atoms with E-state index in [9.17, 15) is 9.18 Å². The standard InChI is InChI=1S/C26H15BrClFN2O2/c27-17-7-5-16(6-8-17)24-13-10-19(33-24)11-14-25-30-23-4-2-1-3-20(23)26(32)31(25)18-9-12-22(29)21(28)15-18/h1-15H/b14-11+. The van der Waals surface area contributed by atoms with Crippen LogP contribution in [0.2, 0.25) is 5.02 Å². The van der Waals surface area contributed by atoms with E-state index in [1.165, 1.54) is 22.8 Å². The molecular weight excluding hydrogens is 507 g/mol. The Morgan fingerprint density at radius 2 is 1.76 bits per heavy atom. The van der Waals surface area contributed by atoms with Gasteiger partial charge < -0.3 is 4.42 Å². The smallest absolute Gasteiger partial charge is 0.266 e. The maximum atomic E-state index is 13.7. The van der Waals surface area contributed by atoms with Crippen molar-refractivity contribution in [3.8, 4) is 17.0 Å². The Kier molecular flexibility index (Phi) is 5.70. The number of nitrogens with zero attached hydrogens (tertiary/aromatic N) is 2. The topological polar surface area (TPSA) is 48.0 Å². The molecule has 0 radical (unpaired) electrons. The van der Waals surface area contributed by atoms with E-state index in [2.05, 4.69) is 20.9 Å². The van der Waals surface area contributed by atoms with Crippen LogP contribution in [0.15, 0.2) is 92.5 Å². The fraction of sp³-hybridized carbons (Fsp3) is 0. The first kappa shape index (κ1) is 21.4. The first-order chi connectivity index (χ1) is 16.0. The van der Waals surface area contributed by atoms with E-state index in [1.807, 2.05) is 42.5 Å². The van der Waals surface area contributed by atoms with Gasteiger partial charge in [0.25, 0.3) is 5.56 Å². The molecule has 0 unspecified atom stereocenters. The highest BCUT2D eigenvalue weighted by Crippen LogP contribution is 2.25. The number of rotatable bonds is 4. The van der Waals surface area contributed by atoms with Gasteiger partial charge in [-0.2, -0.15) is 0 Å². The molecule has 2 heterocycles. The summed E-state index contributed by atoms with van der Waals surface area (Å²) in [5, 5.41) is 0.373. The zero-order valence-electron chi connectivity index (χ0n) is 17.0. The van der Waals surface area contributed by atoms with Crippen LogP contribution in [0, 0.1) is 5.82 Å². The van der Waals surface area contributed by atoms with Crippen molar-refractivity contribution in [2.75, 3.05) is 0 Å². The van der Waals surface area contributed by atoms with Crippen LogP contribution in [0.3, 0.4) is 0 Å². The zero-order valence-corrected chi connectivity index (χ0v) is 19.3. The van der Waals surface area contributed by atoms with Crippen LogP contribution in [-0.4, -0.2) is 9.55 Å². The predicted octanol–water partition coefficient (Wildman–Crippen LogP) is 7.37. The van der Waals surface area contributed by atoms with Crippen molar-refractivity contribution < 1.29 is 8.81 Å². The highest BCUT2D eigenvalue weighted by molar-refractivity contribution is 9.10. The summed E-state index contributed by atoms with van der Waals surface area (Å²) in [4.78, 5) is 17.9. The summed E-state index contributed by atoms with van der Waals surface area (Å²) in [5.74, 6) is 1.12. The SMILES string of the molecule is O=c1c2ccccc2nc(/C=C/c2ccc(-c3ccc(Br)cc3)o2)n1-c1ccc(F)c(Cl)c1. The van der Waals surface area contributed by atoms with Gasteiger partial charge >= 0.3 is 0 Å². The molecule has 0 saturated heterocycles. The average molecular weight is 522 g/mol. The van der Waals surface area contributed by atoms with Gasteiger partial charge in [0.15, 0.2) is 0 Å². The summed E-state index contributed by atoms with van der Waals surface area (Å²) in [6, 6.07) is 22.7. The number of benzene rings is 3. The van der Waals surface area contributed by atoms with Gasteiger partial charge in [0.2, 0.25) is 0 Å². The molecule has 0 spiro atoms. The Morgan fingerprint density at radius 3 is 2.55 bits per heavy atom. The quantitative estimate of drug-likeness (QED) is 0.248. The number of hydrogen-bond donors (Lipinski definition) is 0. The van der Waals surface area contributed by atoms with Gasteiger partial charge in [-0.25, -0.2) is 9.37 Å². The molecular formula is C26H15BrClFN2O2. The molecule has 0 aliphatic rings. The molecule has 0 atom stereocenters. The van der Waals surface area contributed by atoms with E-state index < -0.39 is 5.82 Å². The van der Waals surface area contributed by atoms with E-state index in [0.717, 1.165) is 15.8 Å². The van der Waals surface area contributed by atoms with Gasteiger partial charge in [-0.3, -0.25) is 9.36 Å². The maximum absolute atomic E-state index is 13.7. The van der Waals surface area contributed by atoms with Gasteiger partial charge in [0.05, 0.1) is 21.6 Å². The molecule has 5 aromatic rings.